The number of carboxylic acid groups (broad SMARTS) is 1. The van der Waals surface area contributed by atoms with E-state index in [-0.39, 0.29) is 22.7 Å². The van der Waals surface area contributed by atoms with Gasteiger partial charge in [-0.25, -0.2) is 4.79 Å². The highest BCUT2D eigenvalue weighted by Gasteiger charge is 2.18. The Bertz CT molecular complexity index is 694. The molecule has 0 radical (unpaired) electrons. The number of anilines is 1. The Morgan fingerprint density at radius 2 is 2.00 bits per heavy atom. The third-order valence-electron chi connectivity index (χ3n) is 2.62. The van der Waals surface area contributed by atoms with Crippen LogP contribution in [0.5, 0.6) is 5.75 Å². The highest BCUT2D eigenvalue weighted by Crippen LogP contribution is 2.23. The number of H-pyrrole nitrogens is 1. The van der Waals surface area contributed by atoms with Crippen LogP contribution in [0.1, 0.15) is 26.5 Å². The van der Waals surface area contributed by atoms with Crippen molar-refractivity contribution in [3.05, 3.63) is 44.8 Å². The first-order valence-electron chi connectivity index (χ1n) is 5.61. The van der Waals surface area contributed by atoms with Gasteiger partial charge in [-0.15, -0.1) is 0 Å². The maximum Gasteiger partial charge on any atom is 0.354 e. The van der Waals surface area contributed by atoms with Crippen LogP contribution in [-0.2, 0) is 0 Å². The average Bonchev–Trinajstić information content (AvgIpc) is 2.73. The van der Waals surface area contributed by atoms with Crippen LogP contribution < -0.4 is 5.32 Å². The Morgan fingerprint density at radius 1 is 1.30 bits per heavy atom. The van der Waals surface area contributed by atoms with Gasteiger partial charge in [0, 0.05) is 9.26 Å². The lowest BCUT2D eigenvalue weighted by atomic mass is 10.2. The molecule has 4 N–H and O–H groups in total. The maximum atomic E-state index is 12.1. The van der Waals surface area contributed by atoms with Crippen molar-refractivity contribution in [3.63, 3.8) is 0 Å². The second-order valence-corrected chi connectivity index (χ2v) is 5.41. The van der Waals surface area contributed by atoms with E-state index in [4.69, 9.17) is 5.11 Å². The predicted molar refractivity (Wildman–Crippen MR) is 81.3 cm³/mol. The van der Waals surface area contributed by atoms with Gasteiger partial charge in [0.2, 0.25) is 0 Å². The van der Waals surface area contributed by atoms with E-state index < -0.39 is 11.9 Å². The fourth-order valence-electron chi connectivity index (χ4n) is 1.74. The van der Waals surface area contributed by atoms with Crippen LogP contribution in [0, 0.1) is 10.5 Å². The number of hydrogen-bond donors (Lipinski definition) is 4. The van der Waals surface area contributed by atoms with Crippen molar-refractivity contribution in [2.24, 2.45) is 0 Å². The molecule has 1 amide bonds. The van der Waals surface area contributed by atoms with Crippen molar-refractivity contribution in [1.29, 1.82) is 0 Å². The number of hydrogen-bond acceptors (Lipinski definition) is 3. The van der Waals surface area contributed by atoms with Crippen molar-refractivity contribution < 1.29 is 19.8 Å². The number of phenols is 1. The fourth-order valence-corrected chi connectivity index (χ4v) is 2.23. The van der Waals surface area contributed by atoms with E-state index in [1.165, 1.54) is 18.2 Å². The summed E-state index contributed by atoms with van der Waals surface area (Å²) in [6.45, 7) is 1.69. The topological polar surface area (TPSA) is 102 Å². The Kier molecular flexibility index (Phi) is 3.98. The number of carbonyl (C=O) groups is 2. The lowest BCUT2D eigenvalue weighted by Gasteiger charge is -2.06. The van der Waals surface area contributed by atoms with Gasteiger partial charge in [-0.1, -0.05) is 0 Å². The number of phenolic OH excluding ortho intramolecular Hbond substituents is 1. The number of aromatic hydroxyl groups is 1. The van der Waals surface area contributed by atoms with Gasteiger partial charge in [0.15, 0.2) is 0 Å². The van der Waals surface area contributed by atoms with Crippen LogP contribution in [0.25, 0.3) is 0 Å². The molecule has 2 rings (SSSR count). The van der Waals surface area contributed by atoms with Crippen LogP contribution in [0.3, 0.4) is 0 Å². The molecule has 6 nitrogen and oxygen atoms in total. The van der Waals surface area contributed by atoms with E-state index in [1.54, 1.807) is 13.0 Å². The number of nitrogens with one attached hydrogen (secondary N) is 2. The molecule has 20 heavy (non-hydrogen) atoms. The molecule has 0 aliphatic carbocycles. The standard InChI is InChI=1S/C13H11IN2O4/c1-6-4-9(11(15-6)13(19)20)16-12(18)8-5-7(14)2-3-10(8)17/h2-5,15,17H,1H3,(H,16,18)(H,19,20). The van der Waals surface area contributed by atoms with Crippen LogP contribution in [0.4, 0.5) is 5.69 Å². The van der Waals surface area contributed by atoms with Gasteiger partial charge in [0.1, 0.15) is 11.4 Å². The molecule has 1 aromatic carbocycles. The van der Waals surface area contributed by atoms with E-state index in [1.807, 2.05) is 22.6 Å². The van der Waals surface area contributed by atoms with Crippen molar-refractivity contribution in [2.75, 3.05) is 5.32 Å². The quantitative estimate of drug-likeness (QED) is 0.609. The first-order chi connectivity index (χ1) is 9.38. The monoisotopic (exact) mass is 386 g/mol. The Balaban J connectivity index is 2.32. The summed E-state index contributed by atoms with van der Waals surface area (Å²) in [5.41, 5.74) is 0.774. The molecule has 2 aromatic rings. The maximum absolute atomic E-state index is 12.1. The van der Waals surface area contributed by atoms with E-state index in [0.29, 0.717) is 5.69 Å². The smallest absolute Gasteiger partial charge is 0.354 e. The molecule has 0 atom stereocenters. The summed E-state index contributed by atoms with van der Waals surface area (Å²) >= 11 is 2.02. The number of carbonyl (C=O) groups excluding carboxylic acids is 1. The summed E-state index contributed by atoms with van der Waals surface area (Å²) in [4.78, 5) is 25.8. The van der Waals surface area contributed by atoms with Crippen LogP contribution in [0.2, 0.25) is 0 Å². The lowest BCUT2D eigenvalue weighted by Crippen LogP contribution is -2.14. The van der Waals surface area contributed by atoms with Crippen molar-refractivity contribution in [3.8, 4) is 5.75 Å². The molecule has 0 bridgehead atoms. The molecule has 7 heteroatoms. The molecule has 0 aliphatic heterocycles. The van der Waals surface area contributed by atoms with Gasteiger partial charge >= 0.3 is 5.97 Å². The zero-order chi connectivity index (χ0) is 14.9. The third kappa shape index (κ3) is 2.93. The Hall–Kier alpha value is -2.03. The lowest BCUT2D eigenvalue weighted by molar-refractivity contribution is 0.0692. The van der Waals surface area contributed by atoms with Crippen LogP contribution in [0.15, 0.2) is 24.3 Å². The fraction of sp³-hybridized carbons (Fsp3) is 0.0769. The number of aromatic amines is 1. The highest BCUT2D eigenvalue weighted by atomic mass is 127. The molecule has 104 valence electrons. The van der Waals surface area contributed by atoms with Gasteiger partial charge in [-0.3, -0.25) is 4.79 Å². The molecule has 1 aromatic heterocycles. The number of aryl methyl sites for hydroxylation is 1. The number of amides is 1. The first kappa shape index (κ1) is 14.4. The van der Waals surface area contributed by atoms with Gasteiger partial charge in [0.25, 0.3) is 5.91 Å². The number of carboxylic acids is 1. The van der Waals surface area contributed by atoms with Gasteiger partial charge < -0.3 is 20.5 Å². The molecule has 0 spiro atoms. The molecular weight excluding hydrogens is 375 g/mol. The molecule has 0 saturated carbocycles. The normalized spacial score (nSPS) is 10.3. The summed E-state index contributed by atoms with van der Waals surface area (Å²) < 4.78 is 0.786. The molecular formula is C13H11IN2O4. The summed E-state index contributed by atoms with van der Waals surface area (Å²) in [7, 11) is 0. The second-order valence-electron chi connectivity index (χ2n) is 4.16. The number of rotatable bonds is 3. The van der Waals surface area contributed by atoms with Crippen molar-refractivity contribution >= 4 is 40.2 Å². The SMILES string of the molecule is Cc1cc(NC(=O)c2cc(I)ccc2O)c(C(=O)O)[nH]1. The van der Waals surface area contributed by atoms with Crippen LogP contribution >= 0.6 is 22.6 Å². The predicted octanol–water partition coefficient (Wildman–Crippen LogP) is 2.58. The zero-order valence-corrected chi connectivity index (χ0v) is 12.6. The minimum Gasteiger partial charge on any atom is -0.507 e. The van der Waals surface area contributed by atoms with Gasteiger partial charge in [-0.05, 0) is 53.8 Å². The Labute approximate surface area is 128 Å². The number of benzene rings is 1. The number of aromatic nitrogens is 1. The number of aromatic carboxylic acids is 1. The van der Waals surface area contributed by atoms with Gasteiger partial charge in [-0.2, -0.15) is 0 Å². The zero-order valence-electron chi connectivity index (χ0n) is 10.4. The second kappa shape index (κ2) is 5.53. The molecule has 0 aliphatic rings. The molecule has 0 unspecified atom stereocenters. The summed E-state index contributed by atoms with van der Waals surface area (Å²) in [6, 6.07) is 6.12. The van der Waals surface area contributed by atoms with E-state index in [9.17, 15) is 14.7 Å². The summed E-state index contributed by atoms with van der Waals surface area (Å²) in [6.07, 6.45) is 0. The minimum absolute atomic E-state index is 0.0899. The summed E-state index contributed by atoms with van der Waals surface area (Å²) in [5.74, 6) is -1.89. The summed E-state index contributed by atoms with van der Waals surface area (Å²) in [5, 5.41) is 21.2. The molecule has 0 fully saturated rings. The van der Waals surface area contributed by atoms with E-state index in [0.717, 1.165) is 3.57 Å². The van der Waals surface area contributed by atoms with Crippen molar-refractivity contribution in [1.82, 2.24) is 4.98 Å². The van der Waals surface area contributed by atoms with Crippen LogP contribution in [-0.4, -0.2) is 27.1 Å². The molecule has 0 saturated heterocycles. The first-order valence-corrected chi connectivity index (χ1v) is 6.69. The van der Waals surface area contributed by atoms with E-state index in [2.05, 4.69) is 10.3 Å². The van der Waals surface area contributed by atoms with Gasteiger partial charge in [0.05, 0.1) is 11.3 Å². The molecule has 1 heterocycles. The average molecular weight is 386 g/mol. The number of halogens is 1. The van der Waals surface area contributed by atoms with Crippen molar-refractivity contribution in [2.45, 2.75) is 6.92 Å². The highest BCUT2D eigenvalue weighted by molar-refractivity contribution is 14.1. The third-order valence-corrected chi connectivity index (χ3v) is 3.29. The minimum atomic E-state index is -1.17. The Morgan fingerprint density at radius 3 is 2.65 bits per heavy atom. The van der Waals surface area contributed by atoms with E-state index >= 15 is 0 Å². The largest absolute Gasteiger partial charge is 0.507 e.